The van der Waals surface area contributed by atoms with Crippen LogP contribution in [0.15, 0.2) is 42.5 Å². The highest BCUT2D eigenvalue weighted by Gasteiger charge is 2.51. The van der Waals surface area contributed by atoms with E-state index in [1.165, 1.54) is 0 Å². The second-order valence-electron chi connectivity index (χ2n) is 7.06. The maximum atomic E-state index is 12.9. The third-order valence-electron chi connectivity index (χ3n) is 5.74. The fourth-order valence-electron chi connectivity index (χ4n) is 4.47. The third kappa shape index (κ3) is 2.12. The molecule has 0 N–H and O–H groups in total. The summed E-state index contributed by atoms with van der Waals surface area (Å²) in [7, 11) is 1.84. The molecule has 4 nitrogen and oxygen atoms in total. The van der Waals surface area contributed by atoms with Crippen LogP contribution in [0.1, 0.15) is 31.4 Å². The SMILES string of the molecule is C[C@H]1[C@@H](c2ccccc2)N([C@@H]2C(=O)C[C@@H]3C=C[C@H]2C3)C(=O)N1C. The van der Waals surface area contributed by atoms with Gasteiger partial charge in [0.05, 0.1) is 18.1 Å². The number of benzene rings is 1. The van der Waals surface area contributed by atoms with E-state index in [1.807, 2.05) is 30.1 Å². The Morgan fingerprint density at radius 2 is 1.78 bits per heavy atom. The summed E-state index contributed by atoms with van der Waals surface area (Å²) in [5.41, 5.74) is 1.11. The highest BCUT2D eigenvalue weighted by Crippen LogP contribution is 2.44. The number of likely N-dealkylation sites (N-methyl/N-ethyl adjacent to an activating group) is 1. The molecule has 0 unspecified atom stereocenters. The minimum atomic E-state index is -0.310. The molecule has 23 heavy (non-hydrogen) atoms. The smallest absolute Gasteiger partial charge is 0.321 e. The van der Waals surface area contributed by atoms with Crippen molar-refractivity contribution in [1.82, 2.24) is 9.80 Å². The number of ketones is 1. The monoisotopic (exact) mass is 310 g/mol. The van der Waals surface area contributed by atoms with Gasteiger partial charge < -0.3 is 9.80 Å². The first-order valence-electron chi connectivity index (χ1n) is 8.39. The van der Waals surface area contributed by atoms with E-state index in [2.05, 4.69) is 31.2 Å². The fraction of sp³-hybridized carbons (Fsp3) is 0.474. The van der Waals surface area contributed by atoms with Crippen LogP contribution < -0.4 is 0 Å². The summed E-state index contributed by atoms with van der Waals surface area (Å²) in [6.07, 6.45) is 5.88. The van der Waals surface area contributed by atoms with Gasteiger partial charge in [0.15, 0.2) is 5.78 Å². The number of rotatable bonds is 2. The molecule has 1 saturated carbocycles. The van der Waals surface area contributed by atoms with Crippen LogP contribution in [0.25, 0.3) is 0 Å². The molecule has 2 bridgehead atoms. The van der Waals surface area contributed by atoms with E-state index in [0.29, 0.717) is 12.3 Å². The van der Waals surface area contributed by atoms with E-state index in [-0.39, 0.29) is 35.9 Å². The van der Waals surface area contributed by atoms with Crippen molar-refractivity contribution in [1.29, 1.82) is 0 Å². The van der Waals surface area contributed by atoms with Crippen LogP contribution in [0.4, 0.5) is 4.79 Å². The number of hydrogen-bond donors (Lipinski definition) is 0. The molecule has 2 amide bonds. The summed E-state index contributed by atoms with van der Waals surface area (Å²) >= 11 is 0. The first-order chi connectivity index (χ1) is 11.1. The zero-order chi connectivity index (χ0) is 16.1. The lowest BCUT2D eigenvalue weighted by atomic mass is 9.81. The van der Waals surface area contributed by atoms with Gasteiger partial charge in [0.2, 0.25) is 0 Å². The lowest BCUT2D eigenvalue weighted by Crippen LogP contribution is -2.50. The molecule has 5 atom stereocenters. The quantitative estimate of drug-likeness (QED) is 0.788. The minimum Gasteiger partial charge on any atom is -0.323 e. The van der Waals surface area contributed by atoms with E-state index in [0.717, 1.165) is 12.0 Å². The molecule has 1 heterocycles. The Labute approximate surface area is 136 Å². The summed E-state index contributed by atoms with van der Waals surface area (Å²) in [4.78, 5) is 29.3. The number of urea groups is 1. The first-order valence-corrected chi connectivity index (χ1v) is 8.39. The van der Waals surface area contributed by atoms with Crippen LogP contribution >= 0.6 is 0 Å². The molecular weight excluding hydrogens is 288 g/mol. The number of amides is 2. The van der Waals surface area contributed by atoms with E-state index in [4.69, 9.17) is 0 Å². The molecule has 0 spiro atoms. The molecular formula is C19H22N2O2. The van der Waals surface area contributed by atoms with Crippen molar-refractivity contribution < 1.29 is 9.59 Å². The summed E-state index contributed by atoms with van der Waals surface area (Å²) in [6, 6.07) is 9.75. The Hall–Kier alpha value is -2.10. The second kappa shape index (κ2) is 5.22. The number of fused-ring (bicyclic) bond motifs is 2. The van der Waals surface area contributed by atoms with Gasteiger partial charge in [0.1, 0.15) is 0 Å². The van der Waals surface area contributed by atoms with Gasteiger partial charge in [-0.1, -0.05) is 42.5 Å². The molecule has 2 fully saturated rings. The summed E-state index contributed by atoms with van der Waals surface area (Å²) < 4.78 is 0. The van der Waals surface area contributed by atoms with Gasteiger partial charge in [0, 0.05) is 19.4 Å². The topological polar surface area (TPSA) is 40.6 Å². The average Bonchev–Trinajstić information content (AvgIpc) is 3.04. The van der Waals surface area contributed by atoms with Crippen LogP contribution in [0.3, 0.4) is 0 Å². The van der Waals surface area contributed by atoms with E-state index in [9.17, 15) is 9.59 Å². The number of Topliss-reactive ketones (excluding diaryl/α,β-unsaturated/α-hetero) is 1. The molecule has 120 valence electrons. The van der Waals surface area contributed by atoms with Gasteiger partial charge in [0.25, 0.3) is 0 Å². The van der Waals surface area contributed by atoms with Crippen LogP contribution in [0, 0.1) is 11.8 Å². The molecule has 1 aromatic carbocycles. The third-order valence-corrected chi connectivity index (χ3v) is 5.74. The van der Waals surface area contributed by atoms with E-state index in [1.54, 1.807) is 4.90 Å². The lowest BCUT2D eigenvalue weighted by Gasteiger charge is -2.38. The van der Waals surface area contributed by atoms with Crippen molar-refractivity contribution >= 4 is 11.8 Å². The van der Waals surface area contributed by atoms with Crippen LogP contribution in [0.2, 0.25) is 0 Å². The second-order valence-corrected chi connectivity index (χ2v) is 7.06. The van der Waals surface area contributed by atoms with Crippen LogP contribution in [0.5, 0.6) is 0 Å². The fourth-order valence-corrected chi connectivity index (χ4v) is 4.47. The Balaban J connectivity index is 1.76. The number of carbonyl (C=O) groups is 2. The highest BCUT2D eigenvalue weighted by molar-refractivity contribution is 5.91. The Kier molecular flexibility index (Phi) is 3.29. The van der Waals surface area contributed by atoms with Crippen molar-refractivity contribution in [3.8, 4) is 0 Å². The normalized spacial score (nSPS) is 36.2. The standard InChI is InChI=1S/C19H22N2O2/c1-12-17(14-6-4-3-5-7-14)21(19(23)20(12)2)18-15-9-8-13(10-15)11-16(18)22/h3-9,12-13,15,17-18H,10-11H2,1-2H3/t12-,13+,15-,17-,18-/m0/s1. The van der Waals surface area contributed by atoms with Crippen molar-refractivity contribution in [3.63, 3.8) is 0 Å². The molecule has 1 aromatic rings. The Bertz CT molecular complexity index is 669. The molecule has 1 aliphatic heterocycles. The molecule has 4 rings (SSSR count). The Morgan fingerprint density at radius 1 is 1.04 bits per heavy atom. The van der Waals surface area contributed by atoms with Crippen molar-refractivity contribution in [2.75, 3.05) is 7.05 Å². The average molecular weight is 310 g/mol. The van der Waals surface area contributed by atoms with Crippen LogP contribution in [-0.2, 0) is 4.79 Å². The largest absolute Gasteiger partial charge is 0.323 e. The van der Waals surface area contributed by atoms with Gasteiger partial charge in [-0.15, -0.1) is 0 Å². The van der Waals surface area contributed by atoms with Crippen molar-refractivity contribution in [2.45, 2.75) is 37.9 Å². The highest BCUT2D eigenvalue weighted by atomic mass is 16.2. The van der Waals surface area contributed by atoms with Crippen molar-refractivity contribution in [3.05, 3.63) is 48.0 Å². The zero-order valence-electron chi connectivity index (χ0n) is 13.6. The zero-order valence-corrected chi connectivity index (χ0v) is 13.6. The molecule has 3 aliphatic rings. The minimum absolute atomic E-state index is 0.0246. The van der Waals surface area contributed by atoms with Crippen LogP contribution in [-0.4, -0.2) is 40.7 Å². The maximum absolute atomic E-state index is 12.9. The summed E-state index contributed by atoms with van der Waals surface area (Å²) in [5.74, 6) is 0.773. The van der Waals surface area contributed by atoms with Gasteiger partial charge >= 0.3 is 6.03 Å². The van der Waals surface area contributed by atoms with Gasteiger partial charge in [-0.25, -0.2) is 4.79 Å². The molecule has 0 aromatic heterocycles. The number of nitrogens with zero attached hydrogens (tertiary/aromatic N) is 2. The first kappa shape index (κ1) is 14.5. The predicted molar refractivity (Wildman–Crippen MR) is 87.8 cm³/mol. The maximum Gasteiger partial charge on any atom is 0.321 e. The van der Waals surface area contributed by atoms with Crippen molar-refractivity contribution in [2.24, 2.45) is 11.8 Å². The van der Waals surface area contributed by atoms with Gasteiger partial charge in [-0.3, -0.25) is 4.79 Å². The molecule has 0 radical (unpaired) electrons. The van der Waals surface area contributed by atoms with Gasteiger partial charge in [-0.2, -0.15) is 0 Å². The summed E-state index contributed by atoms with van der Waals surface area (Å²) in [5, 5.41) is 0. The number of allylic oxidation sites excluding steroid dienone is 1. The summed E-state index contributed by atoms with van der Waals surface area (Å²) in [6.45, 7) is 2.07. The molecule has 1 saturated heterocycles. The predicted octanol–water partition coefficient (Wildman–Crippen LogP) is 3.02. The Morgan fingerprint density at radius 3 is 2.52 bits per heavy atom. The van der Waals surface area contributed by atoms with E-state index < -0.39 is 0 Å². The number of hydrogen-bond acceptors (Lipinski definition) is 2. The van der Waals surface area contributed by atoms with Gasteiger partial charge in [-0.05, 0) is 24.8 Å². The number of carbonyl (C=O) groups excluding carboxylic acids is 2. The molecule has 4 heteroatoms. The van der Waals surface area contributed by atoms with E-state index >= 15 is 0 Å². The lowest BCUT2D eigenvalue weighted by molar-refractivity contribution is -0.127. The molecule has 2 aliphatic carbocycles.